The van der Waals surface area contributed by atoms with Crippen LogP contribution in [0.3, 0.4) is 0 Å². The molecule has 0 aliphatic carbocycles. The zero-order valence-corrected chi connectivity index (χ0v) is 17.8. The highest BCUT2D eigenvalue weighted by atomic mass is 16.4. The average Bonchev–Trinajstić information content (AvgIpc) is 3.29. The van der Waals surface area contributed by atoms with Gasteiger partial charge in [0, 0.05) is 53.8 Å². The molecule has 1 saturated heterocycles. The Morgan fingerprint density at radius 3 is 2.62 bits per heavy atom. The number of hydrogen-bond acceptors (Lipinski definition) is 5. The molecular formula is C24H24N6O2. The summed E-state index contributed by atoms with van der Waals surface area (Å²) in [6, 6.07) is 10.5. The third-order valence-corrected chi connectivity index (χ3v) is 6.12. The van der Waals surface area contributed by atoms with Crippen LogP contribution in [0.1, 0.15) is 24.4 Å². The number of nitrogens with zero attached hydrogens (tertiary/aromatic N) is 5. The van der Waals surface area contributed by atoms with Crippen molar-refractivity contribution in [2.45, 2.75) is 25.8 Å². The third-order valence-electron chi connectivity index (χ3n) is 6.12. The van der Waals surface area contributed by atoms with Crippen LogP contribution in [0.25, 0.3) is 33.2 Å². The molecule has 1 amide bonds. The second-order valence-corrected chi connectivity index (χ2v) is 8.29. The summed E-state index contributed by atoms with van der Waals surface area (Å²) in [5.74, 6) is 0.432. The van der Waals surface area contributed by atoms with Gasteiger partial charge in [-0.05, 0) is 37.3 Å². The van der Waals surface area contributed by atoms with E-state index in [1.807, 2.05) is 35.4 Å². The topological polar surface area (TPSA) is 110 Å². The molecule has 4 aromatic rings. The van der Waals surface area contributed by atoms with E-state index in [4.69, 9.17) is 10.8 Å². The van der Waals surface area contributed by atoms with Gasteiger partial charge in [0.2, 0.25) is 0 Å². The van der Waals surface area contributed by atoms with Crippen molar-refractivity contribution in [3.8, 4) is 22.4 Å². The number of anilines is 1. The van der Waals surface area contributed by atoms with Gasteiger partial charge in [0.05, 0.1) is 17.9 Å². The molecule has 0 unspecified atom stereocenters. The number of nitrogens with two attached hydrogens (primary N) is 1. The molecule has 162 valence electrons. The molecular weight excluding hydrogens is 404 g/mol. The number of likely N-dealkylation sites (tertiary alicyclic amines) is 1. The van der Waals surface area contributed by atoms with Crippen LogP contribution in [-0.2, 0) is 0 Å². The number of amides is 1. The van der Waals surface area contributed by atoms with Gasteiger partial charge in [-0.3, -0.25) is 9.67 Å². The van der Waals surface area contributed by atoms with Crippen LogP contribution in [0.2, 0.25) is 0 Å². The van der Waals surface area contributed by atoms with Crippen LogP contribution in [0, 0.1) is 6.92 Å². The van der Waals surface area contributed by atoms with E-state index in [0.29, 0.717) is 18.9 Å². The molecule has 0 bridgehead atoms. The summed E-state index contributed by atoms with van der Waals surface area (Å²) in [7, 11) is 0. The molecule has 0 saturated carbocycles. The Morgan fingerprint density at radius 1 is 1.03 bits per heavy atom. The first kappa shape index (κ1) is 20.0. The summed E-state index contributed by atoms with van der Waals surface area (Å²) in [6.07, 6.45) is 8.06. The fourth-order valence-electron chi connectivity index (χ4n) is 4.25. The highest BCUT2D eigenvalue weighted by molar-refractivity contribution is 5.88. The van der Waals surface area contributed by atoms with Crippen LogP contribution in [-0.4, -0.2) is 48.9 Å². The van der Waals surface area contributed by atoms with Gasteiger partial charge in [0.25, 0.3) is 0 Å². The van der Waals surface area contributed by atoms with E-state index in [1.165, 1.54) is 10.5 Å². The van der Waals surface area contributed by atoms with Gasteiger partial charge >= 0.3 is 6.09 Å². The van der Waals surface area contributed by atoms with Crippen molar-refractivity contribution in [1.82, 2.24) is 24.6 Å². The zero-order valence-electron chi connectivity index (χ0n) is 17.8. The number of piperidine rings is 1. The van der Waals surface area contributed by atoms with Crippen molar-refractivity contribution in [3.63, 3.8) is 0 Å². The van der Waals surface area contributed by atoms with Crippen molar-refractivity contribution < 1.29 is 9.90 Å². The summed E-state index contributed by atoms with van der Waals surface area (Å²) in [5.41, 5.74) is 10.8. The quantitative estimate of drug-likeness (QED) is 0.501. The van der Waals surface area contributed by atoms with Crippen LogP contribution < -0.4 is 5.73 Å². The third kappa shape index (κ3) is 3.75. The van der Waals surface area contributed by atoms with Gasteiger partial charge in [-0.15, -0.1) is 0 Å². The number of aryl methyl sites for hydroxylation is 1. The standard InChI is InChI=1S/C24H24N6O2/c1-15-2-3-16-11-26-22(10-17(16)8-15)21-9-18(12-27-23(21)25)19-13-28-30(14-19)20-4-6-29(7-5-20)24(31)32/h2-3,8-14,20H,4-7H2,1H3,(H2,25,27)(H,31,32). The van der Waals surface area contributed by atoms with Crippen LogP contribution in [0.5, 0.6) is 0 Å². The number of rotatable bonds is 3. The summed E-state index contributed by atoms with van der Waals surface area (Å²) >= 11 is 0. The Balaban J connectivity index is 1.43. The molecule has 1 aliphatic heterocycles. The Hall–Kier alpha value is -3.94. The van der Waals surface area contributed by atoms with Gasteiger partial charge in [0.1, 0.15) is 5.82 Å². The van der Waals surface area contributed by atoms with Crippen LogP contribution >= 0.6 is 0 Å². The zero-order chi connectivity index (χ0) is 22.2. The number of hydrogen-bond donors (Lipinski definition) is 2. The van der Waals surface area contributed by atoms with Crippen LogP contribution in [0.15, 0.2) is 55.1 Å². The number of carbonyl (C=O) groups is 1. The molecule has 3 N–H and O–H groups in total. The second kappa shape index (κ2) is 7.96. The second-order valence-electron chi connectivity index (χ2n) is 8.29. The monoisotopic (exact) mass is 428 g/mol. The lowest BCUT2D eigenvalue weighted by molar-refractivity contribution is 0.124. The minimum atomic E-state index is -0.859. The molecule has 8 heteroatoms. The predicted octanol–water partition coefficient (Wildman–Crippen LogP) is 4.37. The Morgan fingerprint density at radius 2 is 1.84 bits per heavy atom. The molecule has 5 rings (SSSR count). The molecule has 32 heavy (non-hydrogen) atoms. The average molecular weight is 428 g/mol. The number of benzene rings is 1. The summed E-state index contributed by atoms with van der Waals surface area (Å²) < 4.78 is 1.93. The fourth-order valence-corrected chi connectivity index (χ4v) is 4.25. The molecule has 1 fully saturated rings. The minimum Gasteiger partial charge on any atom is -0.465 e. The summed E-state index contributed by atoms with van der Waals surface area (Å²) in [5, 5.41) is 15.9. The molecule has 1 aliphatic rings. The van der Waals surface area contributed by atoms with Crippen LogP contribution in [0.4, 0.5) is 10.6 Å². The molecule has 3 aromatic heterocycles. The van der Waals surface area contributed by atoms with Gasteiger partial charge in [-0.25, -0.2) is 9.78 Å². The van der Waals surface area contributed by atoms with E-state index in [2.05, 4.69) is 40.2 Å². The van der Waals surface area contributed by atoms with E-state index >= 15 is 0 Å². The van der Waals surface area contributed by atoms with Crippen molar-refractivity contribution in [2.75, 3.05) is 18.8 Å². The van der Waals surface area contributed by atoms with Crippen molar-refractivity contribution in [2.24, 2.45) is 0 Å². The molecule has 8 nitrogen and oxygen atoms in total. The first-order valence-corrected chi connectivity index (χ1v) is 10.6. The lowest BCUT2D eigenvalue weighted by Crippen LogP contribution is -2.38. The molecule has 4 heterocycles. The molecule has 0 radical (unpaired) electrons. The maximum atomic E-state index is 11.1. The lowest BCUT2D eigenvalue weighted by atomic mass is 10.0. The SMILES string of the molecule is Cc1ccc2cnc(-c3cc(-c4cnn(C5CCN(C(=O)O)CC5)c4)cnc3N)cc2c1. The molecule has 0 spiro atoms. The normalized spacial score (nSPS) is 14.7. The van der Waals surface area contributed by atoms with Crippen molar-refractivity contribution in [3.05, 3.63) is 60.7 Å². The highest BCUT2D eigenvalue weighted by Gasteiger charge is 2.24. The van der Waals surface area contributed by atoms with Gasteiger partial charge < -0.3 is 15.7 Å². The van der Waals surface area contributed by atoms with E-state index in [0.717, 1.165) is 46.0 Å². The summed E-state index contributed by atoms with van der Waals surface area (Å²) in [4.78, 5) is 21.6. The first-order chi connectivity index (χ1) is 15.5. The highest BCUT2D eigenvalue weighted by Crippen LogP contribution is 2.31. The summed E-state index contributed by atoms with van der Waals surface area (Å²) in [6.45, 7) is 3.12. The molecule has 0 atom stereocenters. The van der Waals surface area contributed by atoms with Gasteiger partial charge in [-0.1, -0.05) is 23.8 Å². The van der Waals surface area contributed by atoms with Crippen molar-refractivity contribution in [1.29, 1.82) is 0 Å². The first-order valence-electron chi connectivity index (χ1n) is 10.6. The maximum Gasteiger partial charge on any atom is 0.407 e. The van der Waals surface area contributed by atoms with Crippen molar-refractivity contribution >= 4 is 22.7 Å². The maximum absolute atomic E-state index is 11.1. The number of carboxylic acid groups (broad SMARTS) is 1. The van der Waals surface area contributed by atoms with Gasteiger partial charge in [0.15, 0.2) is 0 Å². The minimum absolute atomic E-state index is 0.186. The lowest BCUT2D eigenvalue weighted by Gasteiger charge is -2.30. The fraction of sp³-hybridized carbons (Fsp3) is 0.250. The van der Waals surface area contributed by atoms with Gasteiger partial charge in [-0.2, -0.15) is 5.10 Å². The number of pyridine rings is 2. The smallest absolute Gasteiger partial charge is 0.407 e. The Bertz CT molecular complexity index is 1310. The largest absolute Gasteiger partial charge is 0.465 e. The Labute approximate surface area is 185 Å². The van der Waals surface area contributed by atoms with E-state index in [9.17, 15) is 4.79 Å². The van der Waals surface area contributed by atoms with E-state index in [1.54, 1.807) is 6.20 Å². The van der Waals surface area contributed by atoms with E-state index in [-0.39, 0.29) is 6.04 Å². The Kier molecular flexibility index (Phi) is 4.97. The predicted molar refractivity (Wildman–Crippen MR) is 123 cm³/mol. The van der Waals surface area contributed by atoms with E-state index < -0.39 is 6.09 Å². The molecule has 1 aromatic carbocycles. The number of aromatic nitrogens is 4. The number of fused-ring (bicyclic) bond motifs is 1. The number of nitrogen functional groups attached to an aromatic ring is 1.